The van der Waals surface area contributed by atoms with Gasteiger partial charge in [0.05, 0.1) is 12.0 Å². The minimum absolute atomic E-state index is 0.0426. The van der Waals surface area contributed by atoms with Crippen molar-refractivity contribution < 1.29 is 85.6 Å². The zero-order valence-electron chi connectivity index (χ0n) is 43.3. The van der Waals surface area contributed by atoms with Crippen LogP contribution in [-0.4, -0.2) is 61.7 Å². The Bertz CT molecular complexity index is 3980. The van der Waals surface area contributed by atoms with Crippen molar-refractivity contribution in [3.63, 3.8) is 0 Å². The Labute approximate surface area is 472 Å². The number of hydrogen-bond acceptors (Lipinski definition) is 12. The maximum atomic E-state index is 14.6. The number of phenols is 1. The quantitative estimate of drug-likeness (QED) is 0.0378. The van der Waals surface area contributed by atoms with Gasteiger partial charge in [-0.05, 0) is 180 Å². The van der Waals surface area contributed by atoms with Gasteiger partial charge in [0, 0.05) is 27.7 Å². The van der Waals surface area contributed by atoms with Gasteiger partial charge in [-0.3, -0.25) is 14.1 Å². The molecule has 0 fully saturated rings. The molecule has 13 nitrogen and oxygen atoms in total. The molecule has 0 radical (unpaired) electrons. The second-order valence-corrected chi connectivity index (χ2v) is 20.3. The fourth-order valence-corrected chi connectivity index (χ4v) is 9.69. The van der Waals surface area contributed by atoms with E-state index in [1.54, 1.807) is 72.8 Å². The molecule has 424 valence electrons. The van der Waals surface area contributed by atoms with Crippen LogP contribution in [0.4, 0.5) is 26.3 Å². The number of rotatable bonds is 17. The standard InChI is InChI=1S/C62H44F6O10S.O3S/c1-59(43-12-22-48(69)23-13-43,45-16-34-54(35-17-45)77-52-28-10-41(11-29-52)58(71)42-4-3-5-56(38-42)79(72,73)74)44-14-32-53(33-15-44)76-50-24-6-39(7-25-50)57(70)40-8-26-51(27-9-40)78-55-36-20-47(21-37-55)60(61(63,64)65,62(66,67)68)46-18-30-49(75-2)31-19-46;1-4(2)3/h3-38,69H,1-2H3,(H,72,73,74);. The number of halogens is 6. The Kier molecular flexibility index (Phi) is 17.4. The van der Waals surface area contributed by atoms with Crippen LogP contribution in [0.3, 0.4) is 0 Å². The largest absolute Gasteiger partial charge is 0.508 e. The van der Waals surface area contributed by atoms with Crippen molar-refractivity contribution >= 4 is 32.3 Å². The average molecular weight is 1180 g/mol. The van der Waals surface area contributed by atoms with Crippen LogP contribution in [0, 0.1) is 0 Å². The molecule has 0 bridgehead atoms. The number of carbonyl (C=O) groups excluding carboxylic acids is 2. The third-order valence-electron chi connectivity index (χ3n) is 13.4. The van der Waals surface area contributed by atoms with Gasteiger partial charge in [-0.1, -0.05) is 72.8 Å². The van der Waals surface area contributed by atoms with E-state index in [1.165, 1.54) is 49.6 Å². The fraction of sp³-hybridized carbons (Fsp3) is 0.0968. The second-order valence-electron chi connectivity index (χ2n) is 18.5. The number of methoxy groups -OCH3 is 1. The minimum atomic E-state index is -5.77. The van der Waals surface area contributed by atoms with E-state index in [4.69, 9.17) is 31.6 Å². The smallest absolute Gasteiger partial charge is 0.425 e. The Morgan fingerprint density at radius 1 is 0.422 bits per heavy atom. The lowest BCUT2D eigenvalue weighted by Crippen LogP contribution is -2.54. The van der Waals surface area contributed by atoms with Crippen LogP contribution in [0.25, 0.3) is 0 Å². The van der Waals surface area contributed by atoms with Gasteiger partial charge in [0.15, 0.2) is 11.6 Å². The summed E-state index contributed by atoms with van der Waals surface area (Å²) in [4.78, 5) is 26.2. The van der Waals surface area contributed by atoms with Crippen LogP contribution >= 0.6 is 0 Å². The first-order valence-electron chi connectivity index (χ1n) is 24.5. The molecule has 9 aromatic rings. The molecule has 1 unspecified atom stereocenters. The predicted octanol–water partition coefficient (Wildman–Crippen LogP) is 14.2. The monoisotopic (exact) mass is 1170 g/mol. The fourth-order valence-electron chi connectivity index (χ4n) is 9.17. The lowest BCUT2D eigenvalue weighted by molar-refractivity contribution is -0.288. The Morgan fingerprint density at radius 2 is 0.699 bits per heavy atom. The molecule has 2 N–H and O–H groups in total. The lowest BCUT2D eigenvalue weighted by Gasteiger charge is -2.38. The molecule has 0 amide bonds. The minimum Gasteiger partial charge on any atom is -0.508 e. The number of ether oxygens (including phenoxy) is 4. The van der Waals surface area contributed by atoms with Gasteiger partial charge in [0.25, 0.3) is 10.1 Å². The summed E-state index contributed by atoms with van der Waals surface area (Å²) in [6.45, 7) is 2.04. The maximum absolute atomic E-state index is 14.6. The van der Waals surface area contributed by atoms with Crippen molar-refractivity contribution in [1.29, 1.82) is 0 Å². The van der Waals surface area contributed by atoms with Crippen LogP contribution in [0.2, 0.25) is 0 Å². The number of aromatic hydroxyl groups is 1. The molecule has 0 heterocycles. The summed E-state index contributed by atoms with van der Waals surface area (Å²) < 4.78 is 169. The Hall–Kier alpha value is -9.57. The predicted molar refractivity (Wildman–Crippen MR) is 291 cm³/mol. The van der Waals surface area contributed by atoms with Crippen LogP contribution in [-0.2, 0) is 31.6 Å². The summed E-state index contributed by atoms with van der Waals surface area (Å²) in [6, 6.07) is 52.6. The molecule has 0 aliphatic carbocycles. The highest BCUT2D eigenvalue weighted by molar-refractivity contribution is 7.85. The SMILES string of the molecule is COc1ccc(C(c2ccc(Oc3ccc(C(=O)c4ccc(Oc5ccc(C(C)(c6ccc(O)cc6)c6ccc(Oc7ccc(C(=O)c8cccc(S(=O)(=O)O)c8)cc7)cc6)cc5)cc4)cc3)cc2)(C(F)(F)F)C(F)(F)F)cc1.O=S(=O)=O. The van der Waals surface area contributed by atoms with Gasteiger partial charge in [0.2, 0.25) is 5.41 Å². The van der Waals surface area contributed by atoms with Crippen LogP contribution in [0.5, 0.6) is 46.0 Å². The molecular formula is C62H44F6O13S2. The van der Waals surface area contributed by atoms with Crippen LogP contribution < -0.4 is 18.9 Å². The topological polar surface area (TPSA) is 197 Å². The van der Waals surface area contributed by atoms with Crippen molar-refractivity contribution in [2.24, 2.45) is 0 Å². The lowest BCUT2D eigenvalue weighted by atomic mass is 9.71. The molecule has 0 aromatic heterocycles. The molecule has 0 aliphatic rings. The summed E-state index contributed by atoms with van der Waals surface area (Å²) in [5.41, 5.74) is -3.56. The molecule has 0 saturated carbocycles. The normalized spacial score (nSPS) is 12.4. The molecule has 0 aliphatic heterocycles. The molecule has 21 heteroatoms. The van der Waals surface area contributed by atoms with E-state index in [-0.39, 0.29) is 50.4 Å². The molecule has 83 heavy (non-hydrogen) atoms. The van der Waals surface area contributed by atoms with E-state index < -0.39 is 60.8 Å². The summed E-state index contributed by atoms with van der Waals surface area (Å²) in [6.07, 6.45) is -11.5. The Morgan fingerprint density at radius 3 is 1.00 bits per heavy atom. The highest BCUT2D eigenvalue weighted by Gasteiger charge is 2.72. The van der Waals surface area contributed by atoms with Crippen molar-refractivity contribution in [2.45, 2.75) is 35.0 Å². The zero-order valence-corrected chi connectivity index (χ0v) is 44.9. The van der Waals surface area contributed by atoms with E-state index in [1.807, 2.05) is 55.5 Å². The highest BCUT2D eigenvalue weighted by atomic mass is 32.2. The Balaban J connectivity index is 0.00000218. The van der Waals surface area contributed by atoms with Crippen molar-refractivity contribution in [3.05, 3.63) is 268 Å². The summed E-state index contributed by atoms with van der Waals surface area (Å²) in [5, 5.41) is 10.2. The third kappa shape index (κ3) is 13.3. The average Bonchev–Trinajstić information content (AvgIpc) is 2.65. The maximum Gasteiger partial charge on any atom is 0.425 e. The van der Waals surface area contributed by atoms with Crippen molar-refractivity contribution in [2.75, 3.05) is 7.11 Å². The zero-order chi connectivity index (χ0) is 59.9. The summed E-state index contributed by atoms with van der Waals surface area (Å²) in [7, 11) is -6.36. The molecule has 0 saturated heterocycles. The van der Waals surface area contributed by atoms with E-state index in [0.29, 0.717) is 28.6 Å². The molecule has 9 aromatic carbocycles. The number of carbonyl (C=O) groups is 2. The first-order valence-corrected chi connectivity index (χ1v) is 26.9. The number of hydrogen-bond donors (Lipinski definition) is 2. The third-order valence-corrected chi connectivity index (χ3v) is 14.3. The van der Waals surface area contributed by atoms with Gasteiger partial charge in [-0.15, -0.1) is 12.6 Å². The van der Waals surface area contributed by atoms with Gasteiger partial charge in [-0.25, -0.2) is 0 Å². The van der Waals surface area contributed by atoms with E-state index in [2.05, 4.69) is 0 Å². The molecule has 9 rings (SSSR count). The molecule has 0 spiro atoms. The number of ketones is 2. The molecule has 1 atom stereocenters. The second kappa shape index (κ2) is 24.3. The van der Waals surface area contributed by atoms with Crippen molar-refractivity contribution in [1.82, 2.24) is 0 Å². The van der Waals surface area contributed by atoms with E-state index in [0.717, 1.165) is 71.3 Å². The van der Waals surface area contributed by atoms with E-state index in [9.17, 15) is 54.0 Å². The van der Waals surface area contributed by atoms with Gasteiger partial charge < -0.3 is 24.1 Å². The number of phenolic OH excluding ortho intramolecular Hbond substituents is 1. The number of alkyl halides is 6. The van der Waals surface area contributed by atoms with Gasteiger partial charge >= 0.3 is 23.0 Å². The van der Waals surface area contributed by atoms with E-state index >= 15 is 0 Å². The van der Waals surface area contributed by atoms with Gasteiger partial charge in [0.1, 0.15) is 46.0 Å². The first-order chi connectivity index (χ1) is 39.3. The number of benzene rings is 9. The highest BCUT2D eigenvalue weighted by Crippen LogP contribution is 2.56. The van der Waals surface area contributed by atoms with Crippen LogP contribution in [0.1, 0.15) is 66.6 Å². The van der Waals surface area contributed by atoms with Crippen molar-refractivity contribution in [3.8, 4) is 46.0 Å². The summed E-state index contributed by atoms with van der Waals surface area (Å²) in [5.74, 6) is 1.41. The summed E-state index contributed by atoms with van der Waals surface area (Å²) >= 11 is 0. The first kappa shape index (κ1) is 59.5. The van der Waals surface area contributed by atoms with Gasteiger partial charge in [-0.2, -0.15) is 34.8 Å². The molecular weight excluding hydrogens is 1130 g/mol. The van der Waals surface area contributed by atoms with Crippen LogP contribution in [0.15, 0.2) is 223 Å².